The molecule has 0 unspecified atom stereocenters. The lowest BCUT2D eigenvalue weighted by molar-refractivity contribution is 0.134. The lowest BCUT2D eigenvalue weighted by Gasteiger charge is -2.34. The zero-order valence-electron chi connectivity index (χ0n) is 21.8. The monoisotopic (exact) mass is 513 g/mol. The summed E-state index contributed by atoms with van der Waals surface area (Å²) in [5.74, 6) is 0.884. The zero-order valence-corrected chi connectivity index (χ0v) is 21.8. The summed E-state index contributed by atoms with van der Waals surface area (Å²) in [6.07, 6.45) is 11.8. The molecule has 0 spiro atoms. The third-order valence-electron chi connectivity index (χ3n) is 6.87. The molecule has 1 aliphatic carbocycles. The average Bonchev–Trinajstić information content (AvgIpc) is 3.69. The number of piperazine rings is 1. The van der Waals surface area contributed by atoms with E-state index in [0.717, 1.165) is 66.7 Å². The Bertz CT molecular complexity index is 1350. The Balaban J connectivity index is 1.40. The van der Waals surface area contributed by atoms with Crippen LogP contribution in [-0.4, -0.2) is 81.1 Å². The highest BCUT2D eigenvalue weighted by Crippen LogP contribution is 2.31. The van der Waals surface area contributed by atoms with Crippen LogP contribution in [0.5, 0.6) is 0 Å². The minimum Gasteiger partial charge on any atom is -0.401 e. The van der Waals surface area contributed by atoms with Crippen LogP contribution in [0.2, 0.25) is 0 Å². The lowest BCUT2D eigenvalue weighted by Crippen LogP contribution is -2.48. The Morgan fingerprint density at radius 2 is 1.95 bits per heavy atom. The van der Waals surface area contributed by atoms with Gasteiger partial charge in [-0.15, -0.1) is 0 Å². The number of aromatic nitrogens is 4. The fourth-order valence-electron chi connectivity index (χ4n) is 4.78. The number of aromatic amines is 1. The summed E-state index contributed by atoms with van der Waals surface area (Å²) in [7, 11) is 0. The van der Waals surface area contributed by atoms with Gasteiger partial charge in [0.15, 0.2) is 5.82 Å². The number of anilines is 1. The average molecular weight is 514 g/mol. The van der Waals surface area contributed by atoms with Crippen molar-refractivity contribution < 1.29 is 4.79 Å². The number of hydrogen-bond acceptors (Lipinski definition) is 7. The van der Waals surface area contributed by atoms with E-state index in [1.54, 1.807) is 24.5 Å². The van der Waals surface area contributed by atoms with Crippen molar-refractivity contribution in [2.24, 2.45) is 5.73 Å². The summed E-state index contributed by atoms with van der Waals surface area (Å²) in [4.78, 5) is 33.7. The molecular formula is C28H35N9O. The molecule has 3 heterocycles. The van der Waals surface area contributed by atoms with Crippen molar-refractivity contribution in [1.82, 2.24) is 35.1 Å². The maximum Gasteiger partial charge on any atom is 0.321 e. The molecule has 2 fully saturated rings. The van der Waals surface area contributed by atoms with Gasteiger partial charge >= 0.3 is 6.03 Å². The van der Waals surface area contributed by atoms with E-state index in [-0.39, 0.29) is 6.03 Å². The molecule has 0 atom stereocenters. The molecule has 1 aliphatic heterocycles. The van der Waals surface area contributed by atoms with Crippen LogP contribution in [0.4, 0.5) is 10.7 Å². The maximum absolute atomic E-state index is 12.1. The number of imidazole rings is 1. The fraction of sp³-hybridized carbons (Fsp3) is 0.357. The number of rotatable bonds is 9. The zero-order chi connectivity index (χ0) is 26.5. The van der Waals surface area contributed by atoms with Crippen molar-refractivity contribution in [3.63, 3.8) is 0 Å². The molecule has 0 radical (unpaired) electrons. The highest BCUT2D eigenvalue weighted by Gasteiger charge is 2.31. The first-order chi connectivity index (χ1) is 18.5. The van der Waals surface area contributed by atoms with Gasteiger partial charge in [0.2, 0.25) is 5.95 Å². The number of nitrogens with two attached hydrogens (primary N) is 1. The second kappa shape index (κ2) is 11.6. The minimum atomic E-state index is -0.328. The van der Waals surface area contributed by atoms with Crippen LogP contribution < -0.4 is 16.4 Å². The largest absolute Gasteiger partial charge is 0.401 e. The molecule has 0 bridgehead atoms. The van der Waals surface area contributed by atoms with Crippen LogP contribution >= 0.6 is 0 Å². The first-order valence-electron chi connectivity index (χ1n) is 13.2. The van der Waals surface area contributed by atoms with Crippen LogP contribution in [0.15, 0.2) is 61.1 Å². The van der Waals surface area contributed by atoms with Gasteiger partial charge in [0.25, 0.3) is 0 Å². The lowest BCUT2D eigenvalue weighted by atomic mass is 10.0. The Labute approximate surface area is 222 Å². The third kappa shape index (κ3) is 6.09. The van der Waals surface area contributed by atoms with E-state index in [0.29, 0.717) is 23.8 Å². The van der Waals surface area contributed by atoms with Crippen LogP contribution in [0.1, 0.15) is 25.3 Å². The van der Waals surface area contributed by atoms with E-state index in [1.165, 1.54) is 12.8 Å². The molecular weight excluding hydrogens is 478 g/mol. The normalized spacial score (nSPS) is 17.5. The topological polar surface area (TPSA) is 128 Å². The summed E-state index contributed by atoms with van der Waals surface area (Å²) in [5, 5.41) is 5.45. The Morgan fingerprint density at radius 1 is 1.18 bits per heavy atom. The number of nitrogens with zero attached hydrogens (tertiary/aromatic N) is 5. The van der Waals surface area contributed by atoms with E-state index in [1.807, 2.05) is 31.2 Å². The maximum atomic E-state index is 12.1. The molecule has 3 aromatic rings. The predicted molar refractivity (Wildman–Crippen MR) is 151 cm³/mol. The predicted octanol–water partition coefficient (Wildman–Crippen LogP) is 3.35. The Hall–Kier alpha value is -4.02. The number of nitrogens with one attached hydrogen (secondary N) is 3. The number of allylic oxidation sites excluding steroid dienone is 4. The van der Waals surface area contributed by atoms with Gasteiger partial charge in [-0.2, -0.15) is 0 Å². The number of carbonyl (C=O) groups is 1. The van der Waals surface area contributed by atoms with Crippen LogP contribution in [0, 0.1) is 0 Å². The van der Waals surface area contributed by atoms with E-state index >= 15 is 0 Å². The third-order valence-corrected chi connectivity index (χ3v) is 6.87. The molecule has 198 valence electrons. The second-order valence-corrected chi connectivity index (χ2v) is 9.67. The number of H-pyrrole nitrogens is 1. The second-order valence-electron chi connectivity index (χ2n) is 9.67. The molecule has 1 saturated carbocycles. The minimum absolute atomic E-state index is 0.328. The van der Waals surface area contributed by atoms with Gasteiger partial charge < -0.3 is 16.0 Å². The highest BCUT2D eigenvalue weighted by atomic mass is 16.2. The van der Waals surface area contributed by atoms with Crippen LogP contribution in [0.25, 0.3) is 28.0 Å². The molecule has 5 N–H and O–H groups in total. The van der Waals surface area contributed by atoms with Crippen LogP contribution in [0.3, 0.4) is 0 Å². The van der Waals surface area contributed by atoms with Crippen molar-refractivity contribution >= 4 is 28.6 Å². The van der Waals surface area contributed by atoms with Crippen molar-refractivity contribution in [3.8, 4) is 11.4 Å². The van der Waals surface area contributed by atoms with Gasteiger partial charge in [-0.1, -0.05) is 18.7 Å². The van der Waals surface area contributed by atoms with E-state index < -0.39 is 0 Å². The summed E-state index contributed by atoms with van der Waals surface area (Å²) in [6, 6.07) is 6.23. The van der Waals surface area contributed by atoms with Gasteiger partial charge in [0.05, 0.1) is 5.52 Å². The van der Waals surface area contributed by atoms with E-state index in [4.69, 9.17) is 5.73 Å². The van der Waals surface area contributed by atoms with Crippen molar-refractivity contribution in [3.05, 3.63) is 66.7 Å². The molecule has 10 heteroatoms. The molecule has 5 rings (SSSR count). The van der Waals surface area contributed by atoms with Crippen molar-refractivity contribution in [2.75, 3.05) is 44.6 Å². The van der Waals surface area contributed by atoms with Gasteiger partial charge in [0.1, 0.15) is 5.52 Å². The number of fused-ring (bicyclic) bond motifs is 1. The molecule has 2 aromatic heterocycles. The Morgan fingerprint density at radius 3 is 2.63 bits per heavy atom. The van der Waals surface area contributed by atoms with Gasteiger partial charge in [-0.3, -0.25) is 15.1 Å². The van der Waals surface area contributed by atoms with E-state index in [9.17, 15) is 4.79 Å². The number of hydrogen-bond donors (Lipinski definition) is 4. The van der Waals surface area contributed by atoms with Crippen molar-refractivity contribution in [1.29, 1.82) is 0 Å². The van der Waals surface area contributed by atoms with Gasteiger partial charge in [0, 0.05) is 69.0 Å². The van der Waals surface area contributed by atoms with Crippen LogP contribution in [-0.2, 0) is 0 Å². The first kappa shape index (κ1) is 25.6. The van der Waals surface area contributed by atoms with Gasteiger partial charge in [-0.25, -0.2) is 19.7 Å². The van der Waals surface area contributed by atoms with Gasteiger partial charge in [-0.05, 0) is 55.2 Å². The summed E-state index contributed by atoms with van der Waals surface area (Å²) >= 11 is 0. The van der Waals surface area contributed by atoms with E-state index in [2.05, 4.69) is 46.9 Å². The Kier molecular flexibility index (Phi) is 7.81. The number of benzene rings is 1. The molecule has 10 nitrogen and oxygen atoms in total. The quantitative estimate of drug-likeness (QED) is 0.323. The highest BCUT2D eigenvalue weighted by molar-refractivity contribution is 5.97. The summed E-state index contributed by atoms with van der Waals surface area (Å²) in [5.41, 5.74) is 11.2. The standard InChI is InChI=1S/C28H35N9O/c1-3-19(6-7-21(29)18-36-12-14-37(15-13-36)22-8-9-22)20-16-23(26-31-10-5-11-32-26)25-24(17-20)33-27(34-25)35-28(38)30-4-2/h3,5-7,10-11,16-17,22H,1,4,8-9,12-15,18,29H2,2H3,(H3,30,33,34,35,38)/b19-6+,21-7-. The summed E-state index contributed by atoms with van der Waals surface area (Å²) in [6.45, 7) is 11.5. The molecule has 2 amide bonds. The molecule has 38 heavy (non-hydrogen) atoms. The molecule has 2 aliphatic rings. The smallest absolute Gasteiger partial charge is 0.321 e. The summed E-state index contributed by atoms with van der Waals surface area (Å²) < 4.78 is 0. The fourth-order valence-corrected chi connectivity index (χ4v) is 4.78. The molecule has 1 aromatic carbocycles. The first-order valence-corrected chi connectivity index (χ1v) is 13.2. The van der Waals surface area contributed by atoms with Crippen molar-refractivity contribution in [2.45, 2.75) is 25.8 Å². The SMILES string of the molecule is C=C/C(=C\C=C(/N)CN1CCN(C2CC2)CC1)c1cc(-c2ncccn2)c2nc(NC(=O)NCC)[nH]c2c1. The number of amides is 2. The number of urea groups is 1. The molecule has 1 saturated heterocycles. The number of carbonyl (C=O) groups excluding carboxylic acids is 1.